The molecule has 1 aromatic carbocycles. The summed E-state index contributed by atoms with van der Waals surface area (Å²) in [5.74, 6) is -0.631. The van der Waals surface area contributed by atoms with Gasteiger partial charge in [0.15, 0.2) is 0 Å². The first-order valence-corrected chi connectivity index (χ1v) is 6.30. The van der Waals surface area contributed by atoms with Crippen molar-refractivity contribution in [3.05, 3.63) is 56.0 Å². The Hall–Kier alpha value is -1.19. The molecule has 1 heterocycles. The number of carbonyl (C=O) groups is 1. The summed E-state index contributed by atoms with van der Waals surface area (Å²) in [6, 6.07) is 4.29. The zero-order valence-corrected chi connectivity index (χ0v) is 11.0. The molecule has 0 fully saturated rings. The van der Waals surface area contributed by atoms with Crippen molar-refractivity contribution < 1.29 is 9.18 Å². The van der Waals surface area contributed by atoms with Crippen LogP contribution in [0.3, 0.4) is 0 Å². The van der Waals surface area contributed by atoms with E-state index in [1.807, 2.05) is 12.3 Å². The number of benzene rings is 1. The van der Waals surface area contributed by atoms with Crippen LogP contribution >= 0.6 is 22.9 Å². The smallest absolute Gasteiger partial charge is 0.204 e. The highest BCUT2D eigenvalue weighted by Gasteiger charge is 2.17. The molecular weight excluding hydrogens is 259 g/mol. The van der Waals surface area contributed by atoms with Crippen molar-refractivity contribution in [2.75, 3.05) is 0 Å². The number of aryl methyl sites for hydroxylation is 2. The third-order valence-corrected chi connectivity index (χ3v) is 4.11. The van der Waals surface area contributed by atoms with E-state index in [9.17, 15) is 9.18 Å². The van der Waals surface area contributed by atoms with Gasteiger partial charge in [0.1, 0.15) is 5.82 Å². The number of carbonyl (C=O) groups excluding carboxylic acids is 1. The average molecular weight is 269 g/mol. The van der Waals surface area contributed by atoms with E-state index < -0.39 is 5.82 Å². The first-order valence-electron chi connectivity index (χ1n) is 5.04. The van der Waals surface area contributed by atoms with Crippen LogP contribution in [0.25, 0.3) is 0 Å². The Morgan fingerprint density at radius 1 is 1.29 bits per heavy atom. The zero-order valence-electron chi connectivity index (χ0n) is 9.38. The lowest BCUT2D eigenvalue weighted by Gasteiger charge is -2.02. The second-order valence-electron chi connectivity index (χ2n) is 3.91. The molecular formula is C13H10ClFOS. The molecule has 0 radical (unpaired) electrons. The second kappa shape index (κ2) is 4.59. The van der Waals surface area contributed by atoms with E-state index in [1.165, 1.54) is 23.5 Å². The number of hydrogen-bond acceptors (Lipinski definition) is 2. The van der Waals surface area contributed by atoms with Gasteiger partial charge in [-0.3, -0.25) is 4.79 Å². The Labute approximate surface area is 108 Å². The van der Waals surface area contributed by atoms with E-state index in [2.05, 4.69) is 0 Å². The van der Waals surface area contributed by atoms with Crippen LogP contribution in [-0.4, -0.2) is 5.78 Å². The zero-order chi connectivity index (χ0) is 12.6. The van der Waals surface area contributed by atoms with Crippen LogP contribution in [0.4, 0.5) is 4.39 Å². The number of thiophene rings is 1. The van der Waals surface area contributed by atoms with Crippen molar-refractivity contribution >= 4 is 28.7 Å². The maximum Gasteiger partial charge on any atom is 0.204 e. The summed E-state index contributed by atoms with van der Waals surface area (Å²) in [6.45, 7) is 3.59. The molecule has 1 nitrogen and oxygen atoms in total. The number of ketones is 1. The lowest BCUT2D eigenvalue weighted by Crippen LogP contribution is -2.00. The van der Waals surface area contributed by atoms with Gasteiger partial charge in [0.05, 0.1) is 9.90 Å². The summed E-state index contributed by atoms with van der Waals surface area (Å²) >= 11 is 7.32. The van der Waals surface area contributed by atoms with Crippen molar-refractivity contribution in [2.24, 2.45) is 0 Å². The maximum absolute atomic E-state index is 13.2. The molecule has 0 aliphatic rings. The normalized spacial score (nSPS) is 10.6. The average Bonchev–Trinajstić information content (AvgIpc) is 2.57. The fourth-order valence-corrected chi connectivity index (χ4v) is 2.82. The van der Waals surface area contributed by atoms with E-state index in [0.717, 1.165) is 11.1 Å². The summed E-state index contributed by atoms with van der Waals surface area (Å²) in [6.07, 6.45) is 0. The standard InChI is InChI=1S/C13H10ClFOS/c1-7-3-9(5-10(15)4-7)12(16)13-11(14)8(2)6-17-13/h3-6H,1-2H3. The van der Waals surface area contributed by atoms with Gasteiger partial charge in [-0.2, -0.15) is 0 Å². The summed E-state index contributed by atoms with van der Waals surface area (Å²) in [4.78, 5) is 12.6. The molecule has 0 aliphatic carbocycles. The molecule has 0 saturated carbocycles. The van der Waals surface area contributed by atoms with Crippen molar-refractivity contribution in [3.8, 4) is 0 Å². The lowest BCUT2D eigenvalue weighted by molar-refractivity contribution is 0.104. The molecule has 0 bridgehead atoms. The van der Waals surface area contributed by atoms with Crippen LogP contribution in [0.2, 0.25) is 5.02 Å². The predicted molar refractivity (Wildman–Crippen MR) is 68.6 cm³/mol. The third-order valence-electron chi connectivity index (χ3n) is 2.41. The van der Waals surface area contributed by atoms with Gasteiger partial charge in [-0.1, -0.05) is 11.6 Å². The van der Waals surface area contributed by atoms with Gasteiger partial charge in [-0.05, 0) is 48.6 Å². The molecule has 1 aromatic heterocycles. The summed E-state index contributed by atoms with van der Waals surface area (Å²) in [5, 5.41) is 2.28. The van der Waals surface area contributed by atoms with E-state index >= 15 is 0 Å². The topological polar surface area (TPSA) is 17.1 Å². The number of halogens is 2. The van der Waals surface area contributed by atoms with Crippen molar-refractivity contribution in [3.63, 3.8) is 0 Å². The molecule has 0 spiro atoms. The van der Waals surface area contributed by atoms with Crippen LogP contribution in [0.1, 0.15) is 26.4 Å². The van der Waals surface area contributed by atoms with E-state index in [4.69, 9.17) is 11.6 Å². The predicted octanol–water partition coefficient (Wildman–Crippen LogP) is 4.39. The van der Waals surface area contributed by atoms with Gasteiger partial charge in [0.25, 0.3) is 0 Å². The molecule has 0 atom stereocenters. The second-order valence-corrected chi connectivity index (χ2v) is 5.17. The van der Waals surface area contributed by atoms with Crippen LogP contribution in [0.15, 0.2) is 23.6 Å². The van der Waals surface area contributed by atoms with Crippen LogP contribution in [-0.2, 0) is 0 Å². The SMILES string of the molecule is Cc1cc(F)cc(C(=O)c2scc(C)c2Cl)c1. The fraction of sp³-hybridized carbons (Fsp3) is 0.154. The fourth-order valence-electron chi connectivity index (χ4n) is 1.58. The summed E-state index contributed by atoms with van der Waals surface area (Å²) < 4.78 is 13.2. The largest absolute Gasteiger partial charge is 0.288 e. The molecule has 0 amide bonds. The molecule has 0 aliphatic heterocycles. The molecule has 0 saturated heterocycles. The van der Waals surface area contributed by atoms with Crippen molar-refractivity contribution in [1.82, 2.24) is 0 Å². The van der Waals surface area contributed by atoms with Crippen molar-refractivity contribution in [1.29, 1.82) is 0 Å². The molecule has 88 valence electrons. The van der Waals surface area contributed by atoms with Gasteiger partial charge in [-0.25, -0.2) is 4.39 Å². The van der Waals surface area contributed by atoms with Crippen LogP contribution < -0.4 is 0 Å². The van der Waals surface area contributed by atoms with E-state index in [1.54, 1.807) is 13.0 Å². The molecule has 4 heteroatoms. The molecule has 0 N–H and O–H groups in total. The van der Waals surface area contributed by atoms with Gasteiger partial charge < -0.3 is 0 Å². The lowest BCUT2D eigenvalue weighted by atomic mass is 10.1. The molecule has 0 unspecified atom stereocenters. The minimum Gasteiger partial charge on any atom is -0.288 e. The summed E-state index contributed by atoms with van der Waals surface area (Å²) in [5.41, 5.74) is 1.93. The van der Waals surface area contributed by atoms with Crippen LogP contribution in [0, 0.1) is 19.7 Å². The highest BCUT2D eigenvalue weighted by Crippen LogP contribution is 2.29. The first kappa shape index (κ1) is 12.3. The monoisotopic (exact) mass is 268 g/mol. The third kappa shape index (κ3) is 2.40. The maximum atomic E-state index is 13.2. The highest BCUT2D eigenvalue weighted by molar-refractivity contribution is 7.13. The first-order chi connectivity index (χ1) is 7.99. The van der Waals surface area contributed by atoms with Gasteiger partial charge >= 0.3 is 0 Å². The Balaban J connectivity index is 2.47. The van der Waals surface area contributed by atoms with Crippen molar-refractivity contribution in [2.45, 2.75) is 13.8 Å². The quantitative estimate of drug-likeness (QED) is 0.739. The minimum atomic E-state index is -0.405. The Kier molecular flexibility index (Phi) is 3.31. The Bertz CT molecular complexity index is 569. The number of rotatable bonds is 2. The van der Waals surface area contributed by atoms with Crippen LogP contribution in [0.5, 0.6) is 0 Å². The van der Waals surface area contributed by atoms with E-state index in [0.29, 0.717) is 15.5 Å². The Morgan fingerprint density at radius 2 is 2.00 bits per heavy atom. The molecule has 2 aromatic rings. The van der Waals surface area contributed by atoms with Gasteiger partial charge in [0, 0.05) is 5.56 Å². The van der Waals surface area contributed by atoms with E-state index in [-0.39, 0.29) is 5.78 Å². The van der Waals surface area contributed by atoms with Gasteiger partial charge in [0.2, 0.25) is 5.78 Å². The Morgan fingerprint density at radius 3 is 2.53 bits per heavy atom. The molecule has 2 rings (SSSR count). The number of hydrogen-bond donors (Lipinski definition) is 0. The molecule has 17 heavy (non-hydrogen) atoms. The summed E-state index contributed by atoms with van der Waals surface area (Å²) in [7, 11) is 0. The highest BCUT2D eigenvalue weighted by atomic mass is 35.5. The van der Waals surface area contributed by atoms with Gasteiger partial charge in [-0.15, -0.1) is 11.3 Å². The minimum absolute atomic E-state index is 0.226.